The Morgan fingerprint density at radius 3 is 2.00 bits per heavy atom. The Hall–Kier alpha value is 0.210. The predicted molar refractivity (Wildman–Crippen MR) is 70.5 cm³/mol. The van der Waals surface area contributed by atoms with Gasteiger partial charge in [0.1, 0.15) is 0 Å². The zero-order valence-electron chi connectivity index (χ0n) is 8.50. The Morgan fingerprint density at radius 1 is 1.07 bits per heavy atom. The fourth-order valence-corrected chi connectivity index (χ4v) is 3.80. The first-order valence-electron chi connectivity index (χ1n) is 4.76. The molecule has 3 heteroatoms. The molecule has 0 aliphatic carbocycles. The van der Waals surface area contributed by atoms with Crippen molar-refractivity contribution in [1.82, 2.24) is 0 Å². The first-order valence-corrected chi connectivity index (χ1v) is 7.24. The van der Waals surface area contributed by atoms with Crippen molar-refractivity contribution in [3.05, 3.63) is 34.9 Å². The number of benzene rings is 1. The average molecular weight is 247 g/mol. The van der Waals surface area contributed by atoms with Crippen LogP contribution in [0.4, 0.5) is 0 Å². The van der Waals surface area contributed by atoms with Crippen LogP contribution < -0.4 is 0 Å². The van der Waals surface area contributed by atoms with E-state index in [1.807, 2.05) is 35.7 Å². The molecule has 1 aromatic rings. The fraction of sp³-hybridized carbons (Fsp3) is 0.455. The molecule has 0 aromatic heterocycles. The van der Waals surface area contributed by atoms with E-state index in [0.29, 0.717) is 4.58 Å². The van der Waals surface area contributed by atoms with Gasteiger partial charge in [-0.25, -0.2) is 0 Å². The lowest BCUT2D eigenvalue weighted by molar-refractivity contribution is 1.35. The van der Waals surface area contributed by atoms with Crippen LogP contribution in [0.5, 0.6) is 0 Å². The van der Waals surface area contributed by atoms with E-state index in [1.165, 1.54) is 5.56 Å². The number of rotatable bonds is 5. The predicted octanol–water partition coefficient (Wildman–Crippen LogP) is 4.84. The van der Waals surface area contributed by atoms with Crippen molar-refractivity contribution in [1.29, 1.82) is 0 Å². The molecular formula is C11H15ClS2. The van der Waals surface area contributed by atoms with E-state index in [0.717, 1.165) is 16.5 Å². The quantitative estimate of drug-likeness (QED) is 0.682. The molecule has 0 unspecified atom stereocenters. The first kappa shape index (κ1) is 12.3. The zero-order chi connectivity index (χ0) is 10.4. The zero-order valence-corrected chi connectivity index (χ0v) is 10.9. The van der Waals surface area contributed by atoms with E-state index in [1.54, 1.807) is 0 Å². The monoisotopic (exact) mass is 246 g/mol. The molecule has 0 spiro atoms. The molecule has 0 saturated carbocycles. The number of halogens is 1. The van der Waals surface area contributed by atoms with Crippen LogP contribution in [0.3, 0.4) is 0 Å². The molecule has 0 atom stereocenters. The maximum Gasteiger partial charge on any atom is 0.0751 e. The lowest BCUT2D eigenvalue weighted by Crippen LogP contribution is -1.90. The van der Waals surface area contributed by atoms with Gasteiger partial charge in [0.2, 0.25) is 0 Å². The van der Waals surface area contributed by atoms with Gasteiger partial charge in [-0.05, 0) is 29.2 Å². The molecule has 0 amide bonds. The van der Waals surface area contributed by atoms with Crippen LogP contribution in [0.2, 0.25) is 5.02 Å². The molecule has 78 valence electrons. The van der Waals surface area contributed by atoms with Gasteiger partial charge in [-0.1, -0.05) is 37.6 Å². The summed E-state index contributed by atoms with van der Waals surface area (Å²) < 4.78 is 0.558. The highest BCUT2D eigenvalue weighted by Crippen LogP contribution is 2.39. The highest BCUT2D eigenvalue weighted by Gasteiger charge is 2.09. The van der Waals surface area contributed by atoms with Crippen LogP contribution in [0.15, 0.2) is 24.3 Å². The summed E-state index contributed by atoms with van der Waals surface area (Å²) in [5.41, 5.74) is 1.37. The topological polar surface area (TPSA) is 0 Å². The van der Waals surface area contributed by atoms with E-state index < -0.39 is 0 Å². The lowest BCUT2D eigenvalue weighted by Gasteiger charge is -2.14. The lowest BCUT2D eigenvalue weighted by atomic mass is 10.2. The molecule has 0 radical (unpaired) electrons. The van der Waals surface area contributed by atoms with Crippen molar-refractivity contribution in [2.45, 2.75) is 18.4 Å². The van der Waals surface area contributed by atoms with Crippen LogP contribution in [-0.4, -0.2) is 11.5 Å². The van der Waals surface area contributed by atoms with Crippen molar-refractivity contribution in [3.63, 3.8) is 0 Å². The maximum atomic E-state index is 5.86. The summed E-state index contributed by atoms with van der Waals surface area (Å²) in [6.07, 6.45) is 0. The standard InChI is InChI=1S/C11H15ClS2/c1-3-13-11(14-4-2)9-5-7-10(12)8-6-9/h5-8,11H,3-4H2,1-2H3. The van der Waals surface area contributed by atoms with Crippen LogP contribution in [-0.2, 0) is 0 Å². The van der Waals surface area contributed by atoms with Crippen molar-refractivity contribution < 1.29 is 0 Å². The van der Waals surface area contributed by atoms with Crippen molar-refractivity contribution in [2.75, 3.05) is 11.5 Å². The van der Waals surface area contributed by atoms with Crippen LogP contribution in [0.1, 0.15) is 24.0 Å². The second-order valence-electron chi connectivity index (χ2n) is 2.79. The fourth-order valence-electron chi connectivity index (χ4n) is 1.16. The molecule has 14 heavy (non-hydrogen) atoms. The van der Waals surface area contributed by atoms with Gasteiger partial charge in [0.25, 0.3) is 0 Å². The second kappa shape index (κ2) is 6.65. The maximum absolute atomic E-state index is 5.86. The molecule has 1 rings (SSSR count). The summed E-state index contributed by atoms with van der Waals surface area (Å²) in [5, 5.41) is 0.815. The molecule has 0 nitrogen and oxygen atoms in total. The Morgan fingerprint density at radius 2 is 1.57 bits per heavy atom. The summed E-state index contributed by atoms with van der Waals surface area (Å²) in [4.78, 5) is 0. The summed E-state index contributed by atoms with van der Waals surface area (Å²) in [6.45, 7) is 4.40. The van der Waals surface area contributed by atoms with Gasteiger partial charge >= 0.3 is 0 Å². The molecule has 0 heterocycles. The molecule has 0 aliphatic rings. The van der Waals surface area contributed by atoms with E-state index >= 15 is 0 Å². The molecule has 1 aromatic carbocycles. The van der Waals surface area contributed by atoms with Gasteiger partial charge in [-0.3, -0.25) is 0 Å². The summed E-state index contributed by atoms with van der Waals surface area (Å²) in [7, 11) is 0. The summed E-state index contributed by atoms with van der Waals surface area (Å²) >= 11 is 9.82. The van der Waals surface area contributed by atoms with Crippen molar-refractivity contribution in [3.8, 4) is 0 Å². The first-order chi connectivity index (χ1) is 6.77. The van der Waals surface area contributed by atoms with E-state index in [4.69, 9.17) is 11.6 Å². The van der Waals surface area contributed by atoms with E-state index in [-0.39, 0.29) is 0 Å². The Kier molecular flexibility index (Phi) is 5.83. The number of hydrogen-bond donors (Lipinski definition) is 0. The highest BCUT2D eigenvalue weighted by molar-refractivity contribution is 8.16. The number of thioether (sulfide) groups is 2. The normalized spacial score (nSPS) is 10.9. The highest BCUT2D eigenvalue weighted by atomic mass is 35.5. The minimum atomic E-state index is 0.558. The van der Waals surface area contributed by atoms with Crippen LogP contribution in [0, 0.1) is 0 Å². The summed E-state index contributed by atoms with van der Waals surface area (Å²) in [6, 6.07) is 8.18. The van der Waals surface area contributed by atoms with Gasteiger partial charge in [-0.2, -0.15) is 0 Å². The third-order valence-corrected chi connectivity index (χ3v) is 4.66. The third kappa shape index (κ3) is 3.76. The Balaban J connectivity index is 2.71. The Labute approximate surface area is 99.8 Å². The molecule has 0 saturated heterocycles. The smallest absolute Gasteiger partial charge is 0.0751 e. The SMILES string of the molecule is CCSC(SCC)c1ccc(Cl)cc1. The van der Waals surface area contributed by atoms with Gasteiger partial charge in [-0.15, -0.1) is 23.5 Å². The molecule has 0 bridgehead atoms. The van der Waals surface area contributed by atoms with E-state index in [9.17, 15) is 0 Å². The van der Waals surface area contributed by atoms with Gasteiger partial charge < -0.3 is 0 Å². The minimum Gasteiger partial charge on any atom is -0.143 e. The number of hydrogen-bond acceptors (Lipinski definition) is 2. The van der Waals surface area contributed by atoms with Gasteiger partial charge in [0.05, 0.1) is 4.58 Å². The Bertz CT molecular complexity index is 252. The van der Waals surface area contributed by atoms with Crippen molar-refractivity contribution >= 4 is 35.1 Å². The van der Waals surface area contributed by atoms with Crippen LogP contribution >= 0.6 is 35.1 Å². The van der Waals surface area contributed by atoms with Crippen molar-refractivity contribution in [2.24, 2.45) is 0 Å². The average Bonchev–Trinajstić information content (AvgIpc) is 2.19. The van der Waals surface area contributed by atoms with E-state index in [2.05, 4.69) is 26.0 Å². The molecule has 0 fully saturated rings. The minimum absolute atomic E-state index is 0.558. The molecular weight excluding hydrogens is 232 g/mol. The van der Waals surface area contributed by atoms with Gasteiger partial charge in [0, 0.05) is 5.02 Å². The van der Waals surface area contributed by atoms with Crippen LogP contribution in [0.25, 0.3) is 0 Å². The van der Waals surface area contributed by atoms with Gasteiger partial charge in [0.15, 0.2) is 0 Å². The third-order valence-electron chi connectivity index (χ3n) is 1.78. The summed E-state index contributed by atoms with van der Waals surface area (Å²) in [5.74, 6) is 2.31. The second-order valence-corrected chi connectivity index (χ2v) is 6.29. The molecule has 0 aliphatic heterocycles. The molecule has 0 N–H and O–H groups in total. The largest absolute Gasteiger partial charge is 0.143 e.